The Bertz CT molecular complexity index is 277. The van der Waals surface area contributed by atoms with Crippen molar-refractivity contribution in [1.82, 2.24) is 4.90 Å². The summed E-state index contributed by atoms with van der Waals surface area (Å²) < 4.78 is 4.94. The predicted molar refractivity (Wildman–Crippen MR) is 58.0 cm³/mol. The van der Waals surface area contributed by atoms with Gasteiger partial charge in [-0.2, -0.15) is 0 Å². The van der Waals surface area contributed by atoms with Crippen LogP contribution in [-0.2, 0) is 14.3 Å². The average Bonchev–Trinajstić information content (AvgIpc) is 2.96. The third-order valence-corrected chi connectivity index (χ3v) is 2.87. The standard InChI is InChI=1S/C11H19NO4/c1-7(2)12(4-5-16-3)10(13)8-6-9(8)11(14)15/h7-9H,4-6H2,1-3H3,(H,14,15). The van der Waals surface area contributed by atoms with Gasteiger partial charge in [-0.1, -0.05) is 0 Å². The summed E-state index contributed by atoms with van der Waals surface area (Å²) in [5.41, 5.74) is 0. The highest BCUT2D eigenvalue weighted by atomic mass is 16.5. The van der Waals surface area contributed by atoms with E-state index in [1.54, 1.807) is 12.0 Å². The molecule has 1 rings (SSSR count). The Morgan fingerprint density at radius 3 is 2.44 bits per heavy atom. The Morgan fingerprint density at radius 2 is 2.06 bits per heavy atom. The van der Waals surface area contributed by atoms with Crippen LogP contribution < -0.4 is 0 Å². The van der Waals surface area contributed by atoms with E-state index in [1.165, 1.54) is 0 Å². The van der Waals surface area contributed by atoms with Gasteiger partial charge in [-0.15, -0.1) is 0 Å². The van der Waals surface area contributed by atoms with E-state index in [9.17, 15) is 9.59 Å². The fourth-order valence-corrected chi connectivity index (χ4v) is 1.77. The third kappa shape index (κ3) is 2.95. The number of carboxylic acid groups (broad SMARTS) is 1. The van der Waals surface area contributed by atoms with Gasteiger partial charge in [0, 0.05) is 19.7 Å². The number of amides is 1. The van der Waals surface area contributed by atoms with E-state index in [4.69, 9.17) is 9.84 Å². The second kappa shape index (κ2) is 5.30. The lowest BCUT2D eigenvalue weighted by atomic mass is 10.2. The van der Waals surface area contributed by atoms with Crippen molar-refractivity contribution in [2.24, 2.45) is 11.8 Å². The number of hydrogen-bond donors (Lipinski definition) is 1. The van der Waals surface area contributed by atoms with Crippen molar-refractivity contribution in [3.05, 3.63) is 0 Å². The Hall–Kier alpha value is -1.10. The molecular weight excluding hydrogens is 210 g/mol. The zero-order valence-corrected chi connectivity index (χ0v) is 9.97. The topological polar surface area (TPSA) is 66.8 Å². The molecule has 1 N–H and O–H groups in total. The predicted octanol–water partition coefficient (Wildman–Crippen LogP) is 0.590. The summed E-state index contributed by atoms with van der Waals surface area (Å²) in [7, 11) is 1.58. The van der Waals surface area contributed by atoms with Crippen LogP contribution in [0.15, 0.2) is 0 Å². The number of methoxy groups -OCH3 is 1. The number of carbonyl (C=O) groups is 2. The van der Waals surface area contributed by atoms with Gasteiger partial charge in [0.05, 0.1) is 18.4 Å². The van der Waals surface area contributed by atoms with Crippen LogP contribution in [-0.4, -0.2) is 48.2 Å². The first kappa shape index (κ1) is 13.0. The second-order valence-electron chi connectivity index (χ2n) is 4.41. The highest BCUT2D eigenvalue weighted by Crippen LogP contribution is 2.40. The normalized spacial score (nSPS) is 23.2. The van der Waals surface area contributed by atoms with Crippen LogP contribution >= 0.6 is 0 Å². The fraction of sp³-hybridized carbons (Fsp3) is 0.818. The molecule has 2 unspecified atom stereocenters. The fourth-order valence-electron chi connectivity index (χ4n) is 1.77. The van der Waals surface area contributed by atoms with Crippen LogP contribution in [0.5, 0.6) is 0 Å². The van der Waals surface area contributed by atoms with Crippen molar-refractivity contribution < 1.29 is 19.4 Å². The van der Waals surface area contributed by atoms with Gasteiger partial charge in [-0.3, -0.25) is 9.59 Å². The molecule has 0 aliphatic heterocycles. The molecule has 16 heavy (non-hydrogen) atoms. The van der Waals surface area contributed by atoms with Crippen LogP contribution in [0.25, 0.3) is 0 Å². The number of nitrogens with zero attached hydrogens (tertiary/aromatic N) is 1. The summed E-state index contributed by atoms with van der Waals surface area (Å²) in [6.45, 7) is 4.85. The van der Waals surface area contributed by atoms with Crippen molar-refractivity contribution >= 4 is 11.9 Å². The second-order valence-corrected chi connectivity index (χ2v) is 4.41. The summed E-state index contributed by atoms with van der Waals surface area (Å²) >= 11 is 0. The van der Waals surface area contributed by atoms with Crippen molar-refractivity contribution in [3.63, 3.8) is 0 Å². The minimum Gasteiger partial charge on any atom is -0.481 e. The summed E-state index contributed by atoms with van der Waals surface area (Å²) in [6, 6.07) is 0.0812. The molecule has 0 spiro atoms. The van der Waals surface area contributed by atoms with Crippen LogP contribution in [0.2, 0.25) is 0 Å². The van der Waals surface area contributed by atoms with Crippen molar-refractivity contribution in [1.29, 1.82) is 0 Å². The molecule has 0 saturated heterocycles. The molecule has 1 saturated carbocycles. The summed E-state index contributed by atoms with van der Waals surface area (Å²) in [4.78, 5) is 24.4. The Kier molecular flexibility index (Phi) is 4.29. The van der Waals surface area contributed by atoms with Crippen molar-refractivity contribution in [2.45, 2.75) is 26.3 Å². The quantitative estimate of drug-likeness (QED) is 0.724. The van der Waals surface area contributed by atoms with E-state index in [-0.39, 0.29) is 17.9 Å². The zero-order chi connectivity index (χ0) is 12.3. The number of carboxylic acids is 1. The minimum absolute atomic E-state index is 0.0561. The van der Waals surface area contributed by atoms with Gasteiger partial charge >= 0.3 is 5.97 Å². The molecule has 0 radical (unpaired) electrons. The van der Waals surface area contributed by atoms with Crippen LogP contribution in [0.4, 0.5) is 0 Å². The Balaban J connectivity index is 2.52. The summed E-state index contributed by atoms with van der Waals surface area (Å²) in [5.74, 6) is -1.72. The smallest absolute Gasteiger partial charge is 0.307 e. The van der Waals surface area contributed by atoms with E-state index in [0.717, 1.165) is 0 Å². The van der Waals surface area contributed by atoms with E-state index >= 15 is 0 Å². The molecule has 0 aromatic rings. The molecule has 92 valence electrons. The van der Waals surface area contributed by atoms with E-state index < -0.39 is 11.9 Å². The number of rotatable bonds is 6. The summed E-state index contributed by atoms with van der Waals surface area (Å²) in [5, 5.41) is 8.77. The van der Waals surface area contributed by atoms with Crippen molar-refractivity contribution in [3.8, 4) is 0 Å². The number of aliphatic carboxylic acids is 1. The van der Waals surface area contributed by atoms with Gasteiger partial charge in [-0.25, -0.2) is 0 Å². The van der Waals surface area contributed by atoms with Gasteiger partial charge in [-0.05, 0) is 20.3 Å². The van der Waals surface area contributed by atoms with E-state index in [2.05, 4.69) is 0 Å². The van der Waals surface area contributed by atoms with Gasteiger partial charge in [0.1, 0.15) is 0 Å². The maximum atomic E-state index is 12.0. The molecule has 2 atom stereocenters. The molecule has 5 heteroatoms. The van der Waals surface area contributed by atoms with Gasteiger partial charge in [0.25, 0.3) is 0 Å². The molecule has 1 aliphatic rings. The average molecular weight is 229 g/mol. The molecular formula is C11H19NO4. The highest BCUT2D eigenvalue weighted by Gasteiger charge is 2.49. The van der Waals surface area contributed by atoms with Gasteiger partial charge in [0.15, 0.2) is 0 Å². The molecule has 1 aliphatic carbocycles. The van der Waals surface area contributed by atoms with Crippen molar-refractivity contribution in [2.75, 3.05) is 20.3 Å². The first-order valence-electron chi connectivity index (χ1n) is 5.51. The van der Waals surface area contributed by atoms with Crippen LogP contribution in [0.3, 0.4) is 0 Å². The molecule has 5 nitrogen and oxygen atoms in total. The minimum atomic E-state index is -0.867. The lowest BCUT2D eigenvalue weighted by molar-refractivity contribution is -0.142. The van der Waals surface area contributed by atoms with Gasteiger partial charge < -0.3 is 14.7 Å². The monoisotopic (exact) mass is 229 g/mol. The molecule has 0 aromatic heterocycles. The maximum absolute atomic E-state index is 12.0. The van der Waals surface area contributed by atoms with E-state index in [0.29, 0.717) is 19.6 Å². The van der Waals surface area contributed by atoms with Crippen LogP contribution in [0.1, 0.15) is 20.3 Å². The summed E-state index contributed by atoms with van der Waals surface area (Å²) in [6.07, 6.45) is 0.477. The first-order valence-corrected chi connectivity index (χ1v) is 5.51. The number of hydrogen-bond acceptors (Lipinski definition) is 3. The van der Waals surface area contributed by atoms with E-state index in [1.807, 2.05) is 13.8 Å². The zero-order valence-electron chi connectivity index (χ0n) is 9.97. The first-order chi connectivity index (χ1) is 7.49. The molecule has 0 aromatic carbocycles. The Labute approximate surface area is 95.4 Å². The lowest BCUT2D eigenvalue weighted by Crippen LogP contribution is -2.40. The van der Waals surface area contributed by atoms with Crippen LogP contribution in [0, 0.1) is 11.8 Å². The maximum Gasteiger partial charge on any atom is 0.307 e. The third-order valence-electron chi connectivity index (χ3n) is 2.87. The Morgan fingerprint density at radius 1 is 1.44 bits per heavy atom. The molecule has 0 heterocycles. The number of ether oxygens (including phenoxy) is 1. The highest BCUT2D eigenvalue weighted by molar-refractivity contribution is 5.89. The molecule has 1 fully saturated rings. The van der Waals surface area contributed by atoms with Gasteiger partial charge in [0.2, 0.25) is 5.91 Å². The largest absolute Gasteiger partial charge is 0.481 e. The lowest BCUT2D eigenvalue weighted by Gasteiger charge is -2.26. The number of carbonyl (C=O) groups excluding carboxylic acids is 1. The SMILES string of the molecule is COCCN(C(=O)C1CC1C(=O)O)C(C)C. The molecule has 1 amide bonds. The molecule has 0 bridgehead atoms.